The molecule has 1 nitrogen and oxygen atoms in total. The summed E-state index contributed by atoms with van der Waals surface area (Å²) in [7, 11) is 0. The van der Waals surface area contributed by atoms with Crippen LogP contribution in [0.1, 0.15) is 52.9 Å². The highest BCUT2D eigenvalue weighted by atomic mass is 16.3. The van der Waals surface area contributed by atoms with E-state index < -0.39 is 0 Å². The maximum atomic E-state index is 9.82. The van der Waals surface area contributed by atoms with Gasteiger partial charge >= 0.3 is 0 Å². The van der Waals surface area contributed by atoms with E-state index >= 15 is 0 Å². The molecule has 0 saturated heterocycles. The minimum absolute atomic E-state index is 0.222. The van der Waals surface area contributed by atoms with Gasteiger partial charge in [0.1, 0.15) is 0 Å². The molecule has 0 amide bonds. The van der Waals surface area contributed by atoms with Crippen molar-refractivity contribution in [2.24, 2.45) is 5.92 Å². The van der Waals surface area contributed by atoms with Gasteiger partial charge in [-0.1, -0.05) is 45.8 Å². The molecule has 0 bridgehead atoms. The number of allylic oxidation sites excluding steroid dienone is 1. The molecular formula is C12H24O. The molecule has 1 atom stereocenters. The van der Waals surface area contributed by atoms with Crippen LogP contribution in [0.3, 0.4) is 0 Å². The summed E-state index contributed by atoms with van der Waals surface area (Å²) >= 11 is 0. The average Bonchev–Trinajstić information content (AvgIpc) is 2.14. The largest absolute Gasteiger partial charge is 0.389 e. The minimum Gasteiger partial charge on any atom is -0.389 e. The molecule has 0 aliphatic rings. The summed E-state index contributed by atoms with van der Waals surface area (Å²) in [5, 5.41) is 9.82. The summed E-state index contributed by atoms with van der Waals surface area (Å²) in [5.74, 6) is 0.470. The fourth-order valence-electron chi connectivity index (χ4n) is 1.66. The van der Waals surface area contributed by atoms with Crippen molar-refractivity contribution in [1.29, 1.82) is 0 Å². The van der Waals surface area contributed by atoms with Gasteiger partial charge in [-0.25, -0.2) is 0 Å². The maximum Gasteiger partial charge on any atom is 0.0749 e. The molecule has 0 aromatic heterocycles. The molecule has 0 fully saturated rings. The van der Waals surface area contributed by atoms with Crippen LogP contribution in [0.5, 0.6) is 0 Å². The first-order valence-electron chi connectivity index (χ1n) is 5.60. The minimum atomic E-state index is -0.222. The van der Waals surface area contributed by atoms with Crippen LogP contribution >= 0.6 is 0 Å². The van der Waals surface area contributed by atoms with Crippen molar-refractivity contribution in [3.05, 3.63) is 12.2 Å². The Kier molecular flexibility index (Phi) is 8.11. The lowest BCUT2D eigenvalue weighted by molar-refractivity contribution is 0.139. The third-order valence-electron chi connectivity index (χ3n) is 2.37. The van der Waals surface area contributed by atoms with Gasteiger partial charge in [0.15, 0.2) is 0 Å². The molecule has 1 N–H and O–H groups in total. The topological polar surface area (TPSA) is 20.2 Å². The maximum absolute atomic E-state index is 9.82. The van der Waals surface area contributed by atoms with E-state index in [1.807, 2.05) is 6.08 Å². The molecule has 0 aliphatic heterocycles. The SMILES string of the molecule is CC/C=C/C(O)C(CCC)CCC. The van der Waals surface area contributed by atoms with Crippen LogP contribution in [0.2, 0.25) is 0 Å². The number of hydrogen-bond donors (Lipinski definition) is 1. The molecule has 1 heteroatoms. The molecule has 0 saturated carbocycles. The van der Waals surface area contributed by atoms with Crippen LogP contribution in [0.4, 0.5) is 0 Å². The Labute approximate surface area is 82.9 Å². The smallest absolute Gasteiger partial charge is 0.0749 e. The normalized spacial score (nSPS) is 14.2. The Balaban J connectivity index is 3.93. The number of hydrogen-bond acceptors (Lipinski definition) is 1. The lowest BCUT2D eigenvalue weighted by atomic mass is 9.92. The highest BCUT2D eigenvalue weighted by molar-refractivity contribution is 4.91. The number of aliphatic hydroxyl groups excluding tert-OH is 1. The molecular weight excluding hydrogens is 160 g/mol. The molecule has 13 heavy (non-hydrogen) atoms. The fourth-order valence-corrected chi connectivity index (χ4v) is 1.66. The van der Waals surface area contributed by atoms with Crippen molar-refractivity contribution >= 4 is 0 Å². The Morgan fingerprint density at radius 2 is 1.62 bits per heavy atom. The van der Waals surface area contributed by atoms with Crippen LogP contribution < -0.4 is 0 Å². The molecule has 0 aromatic rings. The molecule has 1 unspecified atom stereocenters. The summed E-state index contributed by atoms with van der Waals surface area (Å²) in [4.78, 5) is 0. The van der Waals surface area contributed by atoms with E-state index in [9.17, 15) is 5.11 Å². The Hall–Kier alpha value is -0.300. The van der Waals surface area contributed by atoms with Gasteiger partial charge in [-0.05, 0) is 25.2 Å². The van der Waals surface area contributed by atoms with Crippen molar-refractivity contribution in [3.63, 3.8) is 0 Å². The standard InChI is InChI=1S/C12H24O/c1-4-7-10-12(13)11(8-5-2)9-6-3/h7,10-13H,4-6,8-9H2,1-3H3/b10-7+. The second-order valence-electron chi connectivity index (χ2n) is 3.66. The summed E-state index contributed by atoms with van der Waals surface area (Å²) in [6.07, 6.45) is 9.43. The predicted octanol–water partition coefficient (Wildman–Crippen LogP) is 3.53. The van der Waals surface area contributed by atoms with Crippen molar-refractivity contribution in [1.82, 2.24) is 0 Å². The third-order valence-corrected chi connectivity index (χ3v) is 2.37. The van der Waals surface area contributed by atoms with Crippen molar-refractivity contribution in [2.75, 3.05) is 0 Å². The summed E-state index contributed by atoms with van der Waals surface area (Å²) in [6.45, 7) is 6.45. The first kappa shape index (κ1) is 12.7. The van der Waals surface area contributed by atoms with Crippen LogP contribution in [0.25, 0.3) is 0 Å². The monoisotopic (exact) mass is 184 g/mol. The predicted molar refractivity (Wildman–Crippen MR) is 58.7 cm³/mol. The highest BCUT2D eigenvalue weighted by Crippen LogP contribution is 2.18. The van der Waals surface area contributed by atoms with E-state index in [1.165, 1.54) is 12.8 Å². The molecule has 78 valence electrons. The van der Waals surface area contributed by atoms with Gasteiger partial charge < -0.3 is 5.11 Å². The van der Waals surface area contributed by atoms with Gasteiger partial charge in [0.2, 0.25) is 0 Å². The molecule has 0 spiro atoms. The van der Waals surface area contributed by atoms with Crippen LogP contribution in [0.15, 0.2) is 12.2 Å². The van der Waals surface area contributed by atoms with Crippen LogP contribution in [-0.2, 0) is 0 Å². The van der Waals surface area contributed by atoms with Gasteiger partial charge in [0, 0.05) is 0 Å². The third kappa shape index (κ3) is 5.87. The Morgan fingerprint density at radius 3 is 2.00 bits per heavy atom. The lowest BCUT2D eigenvalue weighted by Gasteiger charge is -2.18. The zero-order valence-electron chi connectivity index (χ0n) is 9.29. The van der Waals surface area contributed by atoms with E-state index in [0.29, 0.717) is 5.92 Å². The van der Waals surface area contributed by atoms with E-state index in [-0.39, 0.29) is 6.10 Å². The summed E-state index contributed by atoms with van der Waals surface area (Å²) in [5.41, 5.74) is 0. The first-order valence-corrected chi connectivity index (χ1v) is 5.60. The second-order valence-corrected chi connectivity index (χ2v) is 3.66. The fraction of sp³-hybridized carbons (Fsp3) is 0.833. The van der Waals surface area contributed by atoms with Crippen LogP contribution in [0, 0.1) is 5.92 Å². The van der Waals surface area contributed by atoms with Crippen molar-refractivity contribution < 1.29 is 5.11 Å². The van der Waals surface area contributed by atoms with E-state index in [0.717, 1.165) is 19.3 Å². The van der Waals surface area contributed by atoms with Crippen molar-refractivity contribution in [3.8, 4) is 0 Å². The number of rotatable bonds is 7. The van der Waals surface area contributed by atoms with Gasteiger partial charge in [-0.2, -0.15) is 0 Å². The van der Waals surface area contributed by atoms with Gasteiger partial charge in [-0.3, -0.25) is 0 Å². The van der Waals surface area contributed by atoms with Gasteiger partial charge in [0.05, 0.1) is 6.10 Å². The molecule has 0 heterocycles. The summed E-state index contributed by atoms with van der Waals surface area (Å²) < 4.78 is 0. The molecule has 0 aromatic carbocycles. The highest BCUT2D eigenvalue weighted by Gasteiger charge is 2.13. The van der Waals surface area contributed by atoms with Gasteiger partial charge in [0.25, 0.3) is 0 Å². The van der Waals surface area contributed by atoms with E-state index in [2.05, 4.69) is 26.8 Å². The zero-order chi connectivity index (χ0) is 10.1. The molecule has 0 rings (SSSR count). The Bertz CT molecular complexity index is 123. The summed E-state index contributed by atoms with van der Waals surface area (Å²) in [6, 6.07) is 0. The van der Waals surface area contributed by atoms with Gasteiger partial charge in [-0.15, -0.1) is 0 Å². The quantitative estimate of drug-likeness (QED) is 0.600. The average molecular weight is 184 g/mol. The molecule has 0 radical (unpaired) electrons. The molecule has 0 aliphatic carbocycles. The number of aliphatic hydroxyl groups is 1. The Morgan fingerprint density at radius 1 is 1.08 bits per heavy atom. The lowest BCUT2D eigenvalue weighted by Crippen LogP contribution is -2.17. The first-order chi connectivity index (χ1) is 6.26. The van der Waals surface area contributed by atoms with Crippen LogP contribution in [-0.4, -0.2) is 11.2 Å². The zero-order valence-corrected chi connectivity index (χ0v) is 9.29. The second kappa shape index (κ2) is 8.31. The van der Waals surface area contributed by atoms with E-state index in [1.54, 1.807) is 0 Å². The van der Waals surface area contributed by atoms with E-state index in [4.69, 9.17) is 0 Å². The van der Waals surface area contributed by atoms with Crippen molar-refractivity contribution in [2.45, 2.75) is 59.0 Å².